The number of piperidine rings is 1. The lowest BCUT2D eigenvalue weighted by atomic mass is 9.97. The Morgan fingerprint density at radius 2 is 1.81 bits per heavy atom. The van der Waals surface area contributed by atoms with Crippen LogP contribution in [0.15, 0.2) is 35.4 Å². The van der Waals surface area contributed by atoms with Crippen molar-refractivity contribution in [1.82, 2.24) is 14.9 Å². The first kappa shape index (κ1) is 24.0. The van der Waals surface area contributed by atoms with Crippen molar-refractivity contribution in [3.05, 3.63) is 41.2 Å². The average molecular weight is 476 g/mol. The maximum atomic E-state index is 12.2. The number of carbonyl (C=O) groups excluding carboxylic acids is 1. The molecule has 1 amide bonds. The van der Waals surface area contributed by atoms with Crippen LogP contribution in [0.3, 0.4) is 0 Å². The lowest BCUT2D eigenvalue weighted by Gasteiger charge is -2.31. The highest BCUT2D eigenvalue weighted by atomic mass is 35.5. The van der Waals surface area contributed by atoms with Crippen LogP contribution in [0.1, 0.15) is 39.3 Å². The monoisotopic (exact) mass is 475 g/mol. The van der Waals surface area contributed by atoms with E-state index in [1.54, 1.807) is 17.0 Å². The van der Waals surface area contributed by atoms with Crippen molar-refractivity contribution in [3.8, 4) is 23.2 Å². The second kappa shape index (κ2) is 9.47. The van der Waals surface area contributed by atoms with Crippen LogP contribution in [0.25, 0.3) is 11.4 Å². The third kappa shape index (κ3) is 6.44. The number of nitrogens with zero attached hydrogens (tertiary/aromatic N) is 3. The van der Waals surface area contributed by atoms with Crippen LogP contribution in [0.4, 0.5) is 4.79 Å². The Morgan fingerprint density at radius 1 is 1.19 bits per heavy atom. The predicted octanol–water partition coefficient (Wildman–Crippen LogP) is 4.20. The Kier molecular flexibility index (Phi) is 7.11. The summed E-state index contributed by atoms with van der Waals surface area (Å²) in [5.41, 5.74) is 0.571. The molecule has 1 aromatic carbocycles. The maximum absolute atomic E-state index is 12.2. The van der Waals surface area contributed by atoms with E-state index in [-0.39, 0.29) is 16.9 Å². The van der Waals surface area contributed by atoms with Gasteiger partial charge in [-0.3, -0.25) is 0 Å². The largest absolute Gasteiger partial charge is 0.444 e. The van der Waals surface area contributed by atoms with Crippen molar-refractivity contribution < 1.29 is 17.9 Å². The van der Waals surface area contributed by atoms with E-state index in [0.29, 0.717) is 35.2 Å². The zero-order valence-corrected chi connectivity index (χ0v) is 20.1. The molecule has 0 bridgehead atoms. The third-order valence-electron chi connectivity index (χ3n) is 4.83. The molecule has 7 nitrogen and oxygen atoms in total. The van der Waals surface area contributed by atoms with Gasteiger partial charge in [-0.2, -0.15) is 0 Å². The van der Waals surface area contributed by atoms with Crippen LogP contribution in [-0.2, 0) is 14.6 Å². The van der Waals surface area contributed by atoms with Crippen LogP contribution in [-0.4, -0.2) is 54.3 Å². The standard InChI is InChI=1S/C23H26ClN3O4S/c1-23(2,3)31-22(28)27-13-11-16(12-14-27)5-10-20-19(24)15-25-21(26-20)17-6-8-18(9-7-17)32(4,29)30/h6-9,15-16H,11-14H2,1-4H3. The zero-order valence-electron chi connectivity index (χ0n) is 18.6. The quantitative estimate of drug-likeness (QED) is 0.605. The average Bonchev–Trinajstić information content (AvgIpc) is 2.72. The molecule has 32 heavy (non-hydrogen) atoms. The van der Waals surface area contributed by atoms with Gasteiger partial charge in [0.1, 0.15) is 11.3 Å². The summed E-state index contributed by atoms with van der Waals surface area (Å²) in [5.74, 6) is 6.80. The van der Waals surface area contributed by atoms with Crippen LogP contribution in [0.2, 0.25) is 5.02 Å². The number of carbonyl (C=O) groups is 1. The number of likely N-dealkylation sites (tertiary alicyclic amines) is 1. The molecule has 0 aliphatic carbocycles. The summed E-state index contributed by atoms with van der Waals surface area (Å²) in [6.07, 6.45) is 3.84. The molecule has 1 fully saturated rings. The fourth-order valence-corrected chi connectivity index (χ4v) is 3.92. The maximum Gasteiger partial charge on any atom is 0.410 e. The van der Waals surface area contributed by atoms with Gasteiger partial charge in [0.2, 0.25) is 0 Å². The van der Waals surface area contributed by atoms with E-state index in [1.807, 2.05) is 20.8 Å². The lowest BCUT2D eigenvalue weighted by Crippen LogP contribution is -2.41. The van der Waals surface area contributed by atoms with Crippen LogP contribution >= 0.6 is 11.6 Å². The zero-order chi connectivity index (χ0) is 23.5. The van der Waals surface area contributed by atoms with Crippen LogP contribution in [0.5, 0.6) is 0 Å². The number of benzene rings is 1. The first-order valence-corrected chi connectivity index (χ1v) is 12.5. The van der Waals surface area contributed by atoms with Crippen molar-refractivity contribution in [2.45, 2.75) is 44.1 Å². The van der Waals surface area contributed by atoms with Crippen LogP contribution < -0.4 is 0 Å². The molecule has 0 saturated carbocycles. The molecule has 1 aromatic heterocycles. The molecule has 2 heterocycles. The molecule has 0 spiro atoms. The smallest absolute Gasteiger partial charge is 0.410 e. The summed E-state index contributed by atoms with van der Waals surface area (Å²) in [7, 11) is -3.27. The number of aromatic nitrogens is 2. The Bertz CT molecular complexity index is 1150. The summed E-state index contributed by atoms with van der Waals surface area (Å²) in [4.78, 5) is 22.8. The third-order valence-corrected chi connectivity index (χ3v) is 6.23. The van der Waals surface area contributed by atoms with E-state index in [9.17, 15) is 13.2 Å². The molecule has 0 N–H and O–H groups in total. The minimum atomic E-state index is -3.27. The Morgan fingerprint density at radius 3 is 2.38 bits per heavy atom. The minimum Gasteiger partial charge on any atom is -0.444 e. The number of rotatable bonds is 2. The number of ether oxygens (including phenoxy) is 1. The van der Waals surface area contributed by atoms with Gasteiger partial charge in [0.15, 0.2) is 15.7 Å². The predicted molar refractivity (Wildman–Crippen MR) is 123 cm³/mol. The Balaban J connectivity index is 1.69. The van der Waals surface area contributed by atoms with Gasteiger partial charge in [-0.15, -0.1) is 0 Å². The SMILES string of the molecule is CC(C)(C)OC(=O)N1CCC(C#Cc2nc(-c3ccc(S(C)(=O)=O)cc3)ncc2Cl)CC1. The van der Waals surface area contributed by atoms with Crippen molar-refractivity contribution in [2.24, 2.45) is 5.92 Å². The number of hydrogen-bond acceptors (Lipinski definition) is 6. The second-order valence-corrected chi connectivity index (χ2v) is 11.1. The summed E-state index contributed by atoms with van der Waals surface area (Å²) in [6, 6.07) is 6.35. The lowest BCUT2D eigenvalue weighted by molar-refractivity contribution is 0.0199. The molecule has 0 unspecified atom stereocenters. The number of amides is 1. The van der Waals surface area contributed by atoms with Gasteiger partial charge < -0.3 is 9.64 Å². The normalized spacial score (nSPS) is 15.1. The van der Waals surface area contributed by atoms with Gasteiger partial charge in [-0.05, 0) is 63.8 Å². The van der Waals surface area contributed by atoms with E-state index >= 15 is 0 Å². The molecule has 0 atom stereocenters. The molecule has 170 valence electrons. The van der Waals surface area contributed by atoms with Gasteiger partial charge in [0, 0.05) is 30.8 Å². The van der Waals surface area contributed by atoms with E-state index in [1.165, 1.54) is 18.3 Å². The fourth-order valence-electron chi connectivity index (χ4n) is 3.15. The van der Waals surface area contributed by atoms with E-state index < -0.39 is 15.4 Å². The molecule has 0 radical (unpaired) electrons. The number of sulfone groups is 1. The molecule has 1 aliphatic heterocycles. The molecule has 1 saturated heterocycles. The van der Waals surface area contributed by atoms with Crippen molar-refractivity contribution >= 4 is 27.5 Å². The van der Waals surface area contributed by atoms with Gasteiger partial charge >= 0.3 is 6.09 Å². The Hall–Kier alpha value is -2.63. The van der Waals surface area contributed by atoms with Crippen LogP contribution in [0, 0.1) is 17.8 Å². The molecular weight excluding hydrogens is 450 g/mol. The summed E-state index contributed by atoms with van der Waals surface area (Å²) < 4.78 is 28.7. The van der Waals surface area contributed by atoms with E-state index in [4.69, 9.17) is 16.3 Å². The molecule has 1 aliphatic rings. The van der Waals surface area contributed by atoms with Gasteiger partial charge in [0.05, 0.1) is 16.1 Å². The summed E-state index contributed by atoms with van der Waals surface area (Å²) >= 11 is 6.24. The molecule has 9 heteroatoms. The molecule has 2 aromatic rings. The van der Waals surface area contributed by atoms with Crippen molar-refractivity contribution in [1.29, 1.82) is 0 Å². The highest BCUT2D eigenvalue weighted by molar-refractivity contribution is 7.90. The molecule has 3 rings (SSSR count). The first-order chi connectivity index (χ1) is 14.9. The van der Waals surface area contributed by atoms with Crippen molar-refractivity contribution in [3.63, 3.8) is 0 Å². The van der Waals surface area contributed by atoms with Gasteiger partial charge in [0.25, 0.3) is 0 Å². The van der Waals surface area contributed by atoms with Gasteiger partial charge in [-0.25, -0.2) is 23.2 Å². The topological polar surface area (TPSA) is 89.5 Å². The van der Waals surface area contributed by atoms with E-state index in [2.05, 4.69) is 21.8 Å². The Labute approximate surface area is 194 Å². The fraction of sp³-hybridized carbons (Fsp3) is 0.435. The van der Waals surface area contributed by atoms with Gasteiger partial charge in [-0.1, -0.05) is 17.5 Å². The highest BCUT2D eigenvalue weighted by Crippen LogP contribution is 2.22. The number of halogens is 1. The first-order valence-electron chi connectivity index (χ1n) is 10.2. The second-order valence-electron chi connectivity index (χ2n) is 8.70. The minimum absolute atomic E-state index is 0.122. The summed E-state index contributed by atoms with van der Waals surface area (Å²) in [6.45, 7) is 6.72. The summed E-state index contributed by atoms with van der Waals surface area (Å²) in [5, 5.41) is 0.347. The van der Waals surface area contributed by atoms with E-state index in [0.717, 1.165) is 19.1 Å². The molecular formula is C23H26ClN3O4S. The highest BCUT2D eigenvalue weighted by Gasteiger charge is 2.26. The van der Waals surface area contributed by atoms with Crippen molar-refractivity contribution in [2.75, 3.05) is 19.3 Å². The number of hydrogen-bond donors (Lipinski definition) is 0.